The molecule has 0 aromatic heterocycles. The molecule has 0 spiro atoms. The molecule has 2 N–H and O–H groups in total. The fourth-order valence-electron chi connectivity index (χ4n) is 1.85. The molecule has 0 aliphatic carbocycles. The van der Waals surface area contributed by atoms with Gasteiger partial charge in [-0.3, -0.25) is 4.57 Å². The standard InChI is InChI=1S/C14H32NO4P/c1-3-5-6-7-8-9-10-15-11-12-18-13-14-20(16,17)19-4-2/h15H,3-14H2,1-2H3,(H,16,17). The predicted octanol–water partition coefficient (Wildman–Crippen LogP) is 3.18. The average molecular weight is 309 g/mol. The van der Waals surface area contributed by atoms with E-state index in [0.717, 1.165) is 13.1 Å². The Morgan fingerprint density at radius 2 is 1.70 bits per heavy atom. The van der Waals surface area contributed by atoms with Crippen molar-refractivity contribution in [2.45, 2.75) is 52.4 Å². The van der Waals surface area contributed by atoms with Crippen LogP contribution in [0, 0.1) is 0 Å². The van der Waals surface area contributed by atoms with Gasteiger partial charge in [-0.25, -0.2) is 0 Å². The van der Waals surface area contributed by atoms with Gasteiger partial charge in [0.2, 0.25) is 0 Å². The Kier molecular flexibility index (Phi) is 14.1. The van der Waals surface area contributed by atoms with Gasteiger partial charge in [0.05, 0.1) is 26.0 Å². The van der Waals surface area contributed by atoms with Crippen LogP contribution < -0.4 is 5.32 Å². The van der Waals surface area contributed by atoms with Crippen LogP contribution in [0.25, 0.3) is 0 Å². The highest BCUT2D eigenvalue weighted by molar-refractivity contribution is 7.52. The van der Waals surface area contributed by atoms with E-state index >= 15 is 0 Å². The lowest BCUT2D eigenvalue weighted by atomic mass is 10.1. The third-order valence-corrected chi connectivity index (χ3v) is 4.39. The van der Waals surface area contributed by atoms with Gasteiger partial charge >= 0.3 is 7.60 Å². The molecule has 0 saturated heterocycles. The Labute approximate surface area is 124 Å². The second-order valence-electron chi connectivity index (χ2n) is 4.91. The van der Waals surface area contributed by atoms with Crippen molar-refractivity contribution in [1.82, 2.24) is 5.32 Å². The molecule has 6 heteroatoms. The number of hydrogen-bond donors (Lipinski definition) is 2. The minimum Gasteiger partial charge on any atom is -0.379 e. The molecule has 5 nitrogen and oxygen atoms in total. The molecule has 0 fully saturated rings. The van der Waals surface area contributed by atoms with E-state index in [2.05, 4.69) is 12.2 Å². The molecule has 0 heterocycles. The second-order valence-corrected chi connectivity index (χ2v) is 6.89. The van der Waals surface area contributed by atoms with Gasteiger partial charge in [-0.15, -0.1) is 0 Å². The molecule has 0 radical (unpaired) electrons. The Hall–Kier alpha value is 0.0700. The van der Waals surface area contributed by atoms with Crippen LogP contribution in [0.15, 0.2) is 0 Å². The highest BCUT2D eigenvalue weighted by Crippen LogP contribution is 2.40. The molecule has 0 bridgehead atoms. The van der Waals surface area contributed by atoms with E-state index in [1.807, 2.05) is 0 Å². The van der Waals surface area contributed by atoms with Crippen molar-refractivity contribution in [3.63, 3.8) is 0 Å². The molecule has 122 valence electrons. The van der Waals surface area contributed by atoms with Gasteiger partial charge in [-0.1, -0.05) is 39.0 Å². The zero-order valence-corrected chi connectivity index (χ0v) is 14.0. The maximum atomic E-state index is 11.3. The molecule has 1 unspecified atom stereocenters. The Balaban J connectivity index is 3.15. The first-order valence-electron chi connectivity index (χ1n) is 7.87. The molecule has 0 aliphatic rings. The minimum atomic E-state index is -3.42. The van der Waals surface area contributed by atoms with Crippen molar-refractivity contribution in [3.8, 4) is 0 Å². The first kappa shape index (κ1) is 20.1. The lowest BCUT2D eigenvalue weighted by Crippen LogP contribution is -2.21. The van der Waals surface area contributed by atoms with Gasteiger partial charge in [-0.05, 0) is 19.9 Å². The fourth-order valence-corrected chi connectivity index (χ4v) is 2.74. The average Bonchev–Trinajstić information content (AvgIpc) is 2.40. The Morgan fingerprint density at radius 3 is 2.40 bits per heavy atom. The maximum Gasteiger partial charge on any atom is 0.330 e. The van der Waals surface area contributed by atoms with E-state index in [4.69, 9.17) is 9.26 Å². The molecule has 0 amide bonds. The summed E-state index contributed by atoms with van der Waals surface area (Å²) in [6.45, 7) is 6.84. The third kappa shape index (κ3) is 14.5. The van der Waals surface area contributed by atoms with Crippen molar-refractivity contribution >= 4 is 7.60 Å². The zero-order valence-electron chi connectivity index (χ0n) is 13.1. The molecular formula is C14H32NO4P. The maximum absolute atomic E-state index is 11.3. The van der Waals surface area contributed by atoms with Crippen LogP contribution in [-0.2, 0) is 13.8 Å². The van der Waals surface area contributed by atoms with E-state index in [-0.39, 0.29) is 19.4 Å². The van der Waals surface area contributed by atoms with Gasteiger partial charge in [0.25, 0.3) is 0 Å². The van der Waals surface area contributed by atoms with Gasteiger partial charge < -0.3 is 19.5 Å². The summed E-state index contributed by atoms with van der Waals surface area (Å²) in [5.74, 6) is 0. The van der Waals surface area contributed by atoms with E-state index in [0.29, 0.717) is 6.61 Å². The first-order chi connectivity index (χ1) is 9.62. The summed E-state index contributed by atoms with van der Waals surface area (Å²) < 4.78 is 21.4. The summed E-state index contributed by atoms with van der Waals surface area (Å²) in [5.41, 5.74) is 0. The van der Waals surface area contributed by atoms with Crippen LogP contribution in [0.5, 0.6) is 0 Å². The van der Waals surface area contributed by atoms with Crippen LogP contribution in [0.2, 0.25) is 0 Å². The summed E-state index contributed by atoms with van der Waals surface area (Å²) in [6, 6.07) is 0. The van der Waals surface area contributed by atoms with E-state index < -0.39 is 7.60 Å². The quantitative estimate of drug-likeness (QED) is 0.359. The van der Waals surface area contributed by atoms with Gasteiger partial charge in [0.1, 0.15) is 0 Å². The van der Waals surface area contributed by atoms with Crippen LogP contribution in [0.4, 0.5) is 0 Å². The van der Waals surface area contributed by atoms with Crippen LogP contribution in [-0.4, -0.2) is 44.0 Å². The highest BCUT2D eigenvalue weighted by atomic mass is 31.2. The summed E-state index contributed by atoms with van der Waals surface area (Å²) in [7, 11) is -3.42. The molecular weight excluding hydrogens is 277 g/mol. The second kappa shape index (κ2) is 14.0. The molecule has 0 saturated carbocycles. The molecule has 0 rings (SSSR count). The van der Waals surface area contributed by atoms with Crippen molar-refractivity contribution in [3.05, 3.63) is 0 Å². The van der Waals surface area contributed by atoms with Crippen molar-refractivity contribution < 1.29 is 18.7 Å². The number of unbranched alkanes of at least 4 members (excludes halogenated alkanes) is 5. The summed E-state index contributed by atoms with van der Waals surface area (Å²) in [6.07, 6.45) is 7.88. The normalized spacial score (nSPS) is 14.3. The largest absolute Gasteiger partial charge is 0.379 e. The summed E-state index contributed by atoms with van der Waals surface area (Å²) in [4.78, 5) is 9.31. The van der Waals surface area contributed by atoms with E-state index in [9.17, 15) is 9.46 Å². The van der Waals surface area contributed by atoms with Crippen molar-refractivity contribution in [1.29, 1.82) is 0 Å². The van der Waals surface area contributed by atoms with Gasteiger partial charge in [0.15, 0.2) is 0 Å². The topological polar surface area (TPSA) is 67.8 Å². The number of ether oxygens (including phenoxy) is 1. The van der Waals surface area contributed by atoms with Crippen molar-refractivity contribution in [2.75, 3.05) is 39.1 Å². The molecule has 0 aromatic rings. The lowest BCUT2D eigenvalue weighted by Gasteiger charge is -2.11. The monoisotopic (exact) mass is 309 g/mol. The van der Waals surface area contributed by atoms with E-state index in [1.165, 1.54) is 38.5 Å². The number of nitrogens with one attached hydrogen (secondary N) is 1. The zero-order chi connectivity index (χ0) is 15.1. The summed E-state index contributed by atoms with van der Waals surface area (Å²) >= 11 is 0. The predicted molar refractivity (Wildman–Crippen MR) is 83.4 cm³/mol. The Morgan fingerprint density at radius 1 is 1.00 bits per heavy atom. The van der Waals surface area contributed by atoms with Gasteiger partial charge in [-0.2, -0.15) is 0 Å². The van der Waals surface area contributed by atoms with Gasteiger partial charge in [0, 0.05) is 6.54 Å². The molecule has 20 heavy (non-hydrogen) atoms. The number of hydrogen-bond acceptors (Lipinski definition) is 4. The number of rotatable bonds is 15. The summed E-state index contributed by atoms with van der Waals surface area (Å²) in [5, 5.41) is 3.31. The minimum absolute atomic E-state index is 0.0677. The smallest absolute Gasteiger partial charge is 0.330 e. The lowest BCUT2D eigenvalue weighted by molar-refractivity contribution is 0.144. The fraction of sp³-hybridized carbons (Fsp3) is 1.00. The third-order valence-electron chi connectivity index (χ3n) is 2.98. The SMILES string of the molecule is CCCCCCCCNCCOCCP(=O)(O)OCC. The highest BCUT2D eigenvalue weighted by Gasteiger charge is 2.17. The van der Waals surface area contributed by atoms with Crippen LogP contribution >= 0.6 is 7.60 Å². The van der Waals surface area contributed by atoms with Crippen LogP contribution in [0.3, 0.4) is 0 Å². The molecule has 1 atom stereocenters. The molecule has 0 aromatic carbocycles. The Bertz CT molecular complexity index is 251. The van der Waals surface area contributed by atoms with E-state index in [1.54, 1.807) is 6.92 Å². The molecule has 0 aliphatic heterocycles. The van der Waals surface area contributed by atoms with Crippen molar-refractivity contribution in [2.24, 2.45) is 0 Å². The first-order valence-corrected chi connectivity index (χ1v) is 9.63. The van der Waals surface area contributed by atoms with Crippen LogP contribution in [0.1, 0.15) is 52.4 Å².